The van der Waals surface area contributed by atoms with Crippen molar-refractivity contribution >= 4 is 16.9 Å². The number of carbonyl (C=O) groups excluding carboxylic acids is 1. The molecule has 5 nitrogen and oxygen atoms in total. The number of aromatic nitrogens is 3. The Bertz CT molecular complexity index is 995. The highest BCUT2D eigenvalue weighted by atomic mass is 16.2. The standard InChI is InChI=1S/C22H20N4O/c27-22(21-24-19-8-4-5-9-20(19)25-21)26(16-18-10-13-23-14-11-18)15-12-17-6-2-1-3-7-17/h1-11,13-14H,12,15-16H2,(H,24,25). The molecule has 5 heteroatoms. The van der Waals surface area contributed by atoms with Gasteiger partial charge in [-0.1, -0.05) is 42.5 Å². The molecule has 0 aliphatic heterocycles. The number of pyridine rings is 1. The molecule has 2 aromatic heterocycles. The fourth-order valence-electron chi connectivity index (χ4n) is 3.07. The van der Waals surface area contributed by atoms with E-state index in [2.05, 4.69) is 27.1 Å². The third-order valence-electron chi connectivity index (χ3n) is 4.52. The summed E-state index contributed by atoms with van der Waals surface area (Å²) in [7, 11) is 0. The van der Waals surface area contributed by atoms with E-state index in [4.69, 9.17) is 0 Å². The summed E-state index contributed by atoms with van der Waals surface area (Å²) in [6.45, 7) is 1.13. The minimum atomic E-state index is -0.0982. The number of H-pyrrole nitrogens is 1. The van der Waals surface area contributed by atoms with Crippen LogP contribution >= 0.6 is 0 Å². The molecule has 0 atom stereocenters. The highest BCUT2D eigenvalue weighted by Crippen LogP contribution is 2.14. The highest BCUT2D eigenvalue weighted by molar-refractivity contribution is 5.94. The summed E-state index contributed by atoms with van der Waals surface area (Å²) in [5.41, 5.74) is 3.91. The van der Waals surface area contributed by atoms with Gasteiger partial charge < -0.3 is 9.88 Å². The number of imidazole rings is 1. The van der Waals surface area contributed by atoms with Crippen LogP contribution in [0.3, 0.4) is 0 Å². The zero-order valence-electron chi connectivity index (χ0n) is 14.9. The minimum absolute atomic E-state index is 0.0982. The fraction of sp³-hybridized carbons (Fsp3) is 0.136. The van der Waals surface area contributed by atoms with Gasteiger partial charge in [0.05, 0.1) is 11.0 Å². The van der Waals surface area contributed by atoms with E-state index in [0.717, 1.165) is 23.0 Å². The van der Waals surface area contributed by atoms with E-state index >= 15 is 0 Å². The number of fused-ring (bicyclic) bond motifs is 1. The summed E-state index contributed by atoms with van der Waals surface area (Å²) >= 11 is 0. The molecule has 0 radical (unpaired) electrons. The van der Waals surface area contributed by atoms with E-state index in [-0.39, 0.29) is 5.91 Å². The first kappa shape index (κ1) is 17.0. The normalized spacial score (nSPS) is 10.8. The molecule has 134 valence electrons. The first-order valence-electron chi connectivity index (χ1n) is 8.96. The van der Waals surface area contributed by atoms with Gasteiger partial charge in [0.2, 0.25) is 0 Å². The molecule has 0 unspecified atom stereocenters. The summed E-state index contributed by atoms with van der Waals surface area (Å²) in [4.78, 5) is 26.7. The van der Waals surface area contributed by atoms with Crippen molar-refractivity contribution in [2.75, 3.05) is 6.54 Å². The Kier molecular flexibility index (Phi) is 4.92. The van der Waals surface area contributed by atoms with Gasteiger partial charge in [-0.25, -0.2) is 4.98 Å². The molecule has 0 saturated carbocycles. The fourth-order valence-corrected chi connectivity index (χ4v) is 3.07. The summed E-state index contributed by atoms with van der Waals surface area (Å²) in [6.07, 6.45) is 4.28. The summed E-state index contributed by atoms with van der Waals surface area (Å²) in [6, 6.07) is 21.7. The number of benzene rings is 2. The molecule has 0 aliphatic rings. The summed E-state index contributed by atoms with van der Waals surface area (Å²) < 4.78 is 0. The molecule has 4 aromatic rings. The lowest BCUT2D eigenvalue weighted by Crippen LogP contribution is -2.33. The van der Waals surface area contributed by atoms with Gasteiger partial charge in [-0.2, -0.15) is 0 Å². The van der Waals surface area contributed by atoms with Gasteiger partial charge in [0.1, 0.15) is 0 Å². The first-order valence-corrected chi connectivity index (χ1v) is 8.96. The molecular weight excluding hydrogens is 336 g/mol. The lowest BCUT2D eigenvalue weighted by atomic mass is 10.1. The number of amides is 1. The number of carbonyl (C=O) groups is 1. The van der Waals surface area contributed by atoms with Crippen LogP contribution < -0.4 is 0 Å². The van der Waals surface area contributed by atoms with Crippen molar-refractivity contribution in [3.8, 4) is 0 Å². The number of rotatable bonds is 6. The van der Waals surface area contributed by atoms with Gasteiger partial charge in [0.25, 0.3) is 5.91 Å². The number of nitrogens with zero attached hydrogens (tertiary/aromatic N) is 3. The van der Waals surface area contributed by atoms with Gasteiger partial charge in [0, 0.05) is 25.5 Å². The van der Waals surface area contributed by atoms with Crippen molar-refractivity contribution in [1.29, 1.82) is 0 Å². The number of hydrogen-bond acceptors (Lipinski definition) is 3. The Labute approximate surface area is 157 Å². The van der Waals surface area contributed by atoms with E-state index < -0.39 is 0 Å². The van der Waals surface area contributed by atoms with Crippen molar-refractivity contribution in [3.63, 3.8) is 0 Å². The third-order valence-corrected chi connectivity index (χ3v) is 4.52. The first-order chi connectivity index (χ1) is 13.3. The molecule has 27 heavy (non-hydrogen) atoms. The monoisotopic (exact) mass is 356 g/mol. The van der Waals surface area contributed by atoms with E-state index in [0.29, 0.717) is 18.9 Å². The van der Waals surface area contributed by atoms with Crippen LogP contribution in [0.4, 0.5) is 0 Å². The number of aromatic amines is 1. The van der Waals surface area contributed by atoms with E-state index in [9.17, 15) is 4.79 Å². The molecule has 0 saturated heterocycles. The quantitative estimate of drug-likeness (QED) is 0.571. The topological polar surface area (TPSA) is 61.9 Å². The predicted octanol–water partition coefficient (Wildman–Crippen LogP) is 3.84. The molecule has 0 fully saturated rings. The maximum Gasteiger partial charge on any atom is 0.289 e. The summed E-state index contributed by atoms with van der Waals surface area (Å²) in [5.74, 6) is 0.275. The van der Waals surface area contributed by atoms with Crippen LogP contribution in [-0.4, -0.2) is 32.3 Å². The van der Waals surface area contributed by atoms with Crippen molar-refractivity contribution in [2.45, 2.75) is 13.0 Å². The number of hydrogen-bond donors (Lipinski definition) is 1. The molecule has 1 amide bonds. The third kappa shape index (κ3) is 4.03. The molecule has 4 rings (SSSR count). The van der Waals surface area contributed by atoms with E-state index in [1.165, 1.54) is 5.56 Å². The van der Waals surface area contributed by atoms with Gasteiger partial charge in [-0.3, -0.25) is 9.78 Å². The Morgan fingerprint density at radius 1 is 0.889 bits per heavy atom. The molecule has 0 aliphatic carbocycles. The van der Waals surface area contributed by atoms with Crippen LogP contribution in [0, 0.1) is 0 Å². The van der Waals surface area contributed by atoms with Crippen molar-refractivity contribution < 1.29 is 4.79 Å². The van der Waals surface area contributed by atoms with Gasteiger partial charge >= 0.3 is 0 Å². The molecule has 2 aromatic carbocycles. The van der Waals surface area contributed by atoms with Crippen LogP contribution in [0.2, 0.25) is 0 Å². The van der Waals surface area contributed by atoms with Crippen molar-refractivity contribution in [3.05, 3.63) is 96.1 Å². The zero-order valence-corrected chi connectivity index (χ0v) is 14.9. The van der Waals surface area contributed by atoms with Crippen LogP contribution in [-0.2, 0) is 13.0 Å². The smallest absolute Gasteiger partial charge is 0.289 e. The van der Waals surface area contributed by atoms with Crippen molar-refractivity contribution in [1.82, 2.24) is 19.9 Å². The zero-order chi connectivity index (χ0) is 18.5. The van der Waals surface area contributed by atoms with Crippen LogP contribution in [0.25, 0.3) is 11.0 Å². The second kappa shape index (κ2) is 7.83. The number of nitrogens with one attached hydrogen (secondary N) is 1. The van der Waals surface area contributed by atoms with Gasteiger partial charge in [-0.05, 0) is 41.8 Å². The Hall–Kier alpha value is -3.47. The van der Waals surface area contributed by atoms with Crippen LogP contribution in [0.5, 0.6) is 0 Å². The van der Waals surface area contributed by atoms with Gasteiger partial charge in [-0.15, -0.1) is 0 Å². The SMILES string of the molecule is O=C(c1nc2ccccc2[nH]1)N(CCc1ccccc1)Cc1ccncc1. The second-order valence-corrected chi connectivity index (χ2v) is 6.42. The Morgan fingerprint density at radius 2 is 1.63 bits per heavy atom. The maximum atomic E-state index is 13.2. The predicted molar refractivity (Wildman–Crippen MR) is 105 cm³/mol. The maximum absolute atomic E-state index is 13.2. The lowest BCUT2D eigenvalue weighted by Gasteiger charge is -2.22. The number of para-hydroxylation sites is 2. The van der Waals surface area contributed by atoms with Gasteiger partial charge in [0.15, 0.2) is 5.82 Å². The van der Waals surface area contributed by atoms with E-state index in [1.807, 2.05) is 59.5 Å². The largest absolute Gasteiger partial charge is 0.334 e. The highest BCUT2D eigenvalue weighted by Gasteiger charge is 2.19. The molecular formula is C22H20N4O. The van der Waals surface area contributed by atoms with Crippen LogP contribution in [0.15, 0.2) is 79.1 Å². The Balaban J connectivity index is 1.58. The molecule has 0 spiro atoms. The molecule has 2 heterocycles. The van der Waals surface area contributed by atoms with E-state index in [1.54, 1.807) is 12.4 Å². The van der Waals surface area contributed by atoms with Crippen molar-refractivity contribution in [2.24, 2.45) is 0 Å². The Morgan fingerprint density at radius 3 is 2.41 bits per heavy atom. The average Bonchev–Trinajstić information content (AvgIpc) is 3.16. The molecule has 0 bridgehead atoms. The average molecular weight is 356 g/mol. The van der Waals surface area contributed by atoms with Crippen LogP contribution in [0.1, 0.15) is 21.7 Å². The molecule has 1 N–H and O–H groups in total. The minimum Gasteiger partial charge on any atom is -0.334 e. The second-order valence-electron chi connectivity index (χ2n) is 6.42. The summed E-state index contributed by atoms with van der Waals surface area (Å²) in [5, 5.41) is 0. The lowest BCUT2D eigenvalue weighted by molar-refractivity contribution is 0.0734.